The highest BCUT2D eigenvalue weighted by Crippen LogP contribution is 2.21. The Labute approximate surface area is 110 Å². The third-order valence-corrected chi connectivity index (χ3v) is 3.87. The minimum atomic E-state index is -0.188. The molecule has 1 N–H and O–H groups in total. The van der Waals surface area contributed by atoms with Gasteiger partial charge in [-0.25, -0.2) is 4.39 Å². The molecule has 1 aliphatic heterocycles. The Morgan fingerprint density at radius 3 is 3.06 bits per heavy atom. The molecule has 0 amide bonds. The second kappa shape index (κ2) is 5.83. The zero-order chi connectivity index (χ0) is 12.3. The lowest BCUT2D eigenvalue weighted by Crippen LogP contribution is -2.40. The Morgan fingerprint density at radius 1 is 1.47 bits per heavy atom. The molecule has 0 saturated carbocycles. The molecule has 17 heavy (non-hydrogen) atoms. The van der Waals surface area contributed by atoms with Crippen molar-refractivity contribution >= 4 is 21.6 Å². The van der Waals surface area contributed by atoms with Gasteiger partial charge in [-0.2, -0.15) is 0 Å². The van der Waals surface area contributed by atoms with Gasteiger partial charge in [0.2, 0.25) is 0 Å². The fourth-order valence-electron chi connectivity index (χ4n) is 2.26. The van der Waals surface area contributed by atoms with Crippen molar-refractivity contribution in [3.8, 4) is 0 Å². The highest BCUT2D eigenvalue weighted by Gasteiger charge is 2.18. The van der Waals surface area contributed by atoms with E-state index < -0.39 is 0 Å². The number of piperidine rings is 1. The van der Waals surface area contributed by atoms with E-state index >= 15 is 0 Å². The Morgan fingerprint density at radius 2 is 2.29 bits per heavy atom. The summed E-state index contributed by atoms with van der Waals surface area (Å²) in [5.74, 6) is -0.188. The summed E-state index contributed by atoms with van der Waals surface area (Å²) in [5.41, 5.74) is 0.582. The van der Waals surface area contributed by atoms with Gasteiger partial charge in [-0.15, -0.1) is 0 Å². The van der Waals surface area contributed by atoms with Crippen LogP contribution in [0.2, 0.25) is 0 Å². The van der Waals surface area contributed by atoms with Crippen molar-refractivity contribution in [3.63, 3.8) is 0 Å². The SMILES string of the molecule is CN1CCCCC1CNc1cc(Br)ccc1F. The summed E-state index contributed by atoms with van der Waals surface area (Å²) in [7, 11) is 2.14. The summed E-state index contributed by atoms with van der Waals surface area (Å²) in [6.45, 7) is 1.96. The Kier molecular flexibility index (Phi) is 4.40. The second-order valence-corrected chi connectivity index (χ2v) is 5.55. The van der Waals surface area contributed by atoms with Crippen molar-refractivity contribution in [2.75, 3.05) is 25.5 Å². The molecule has 0 spiro atoms. The molecule has 2 rings (SSSR count). The maximum atomic E-state index is 13.5. The highest BCUT2D eigenvalue weighted by atomic mass is 79.9. The van der Waals surface area contributed by atoms with Gasteiger partial charge in [0.15, 0.2) is 0 Å². The van der Waals surface area contributed by atoms with E-state index in [1.54, 1.807) is 12.1 Å². The minimum Gasteiger partial charge on any atom is -0.381 e. The summed E-state index contributed by atoms with van der Waals surface area (Å²) in [6.07, 6.45) is 3.75. The molecule has 94 valence electrons. The highest BCUT2D eigenvalue weighted by molar-refractivity contribution is 9.10. The van der Waals surface area contributed by atoms with E-state index in [1.807, 2.05) is 0 Å². The maximum absolute atomic E-state index is 13.5. The van der Waals surface area contributed by atoms with E-state index in [9.17, 15) is 4.39 Å². The molecule has 1 saturated heterocycles. The summed E-state index contributed by atoms with van der Waals surface area (Å²) in [5, 5.41) is 3.21. The van der Waals surface area contributed by atoms with Crippen molar-refractivity contribution in [2.24, 2.45) is 0 Å². The van der Waals surface area contributed by atoms with Gasteiger partial charge in [-0.3, -0.25) is 0 Å². The fourth-order valence-corrected chi connectivity index (χ4v) is 2.62. The number of likely N-dealkylation sites (tertiary alicyclic amines) is 1. The Hall–Kier alpha value is -0.610. The Balaban J connectivity index is 1.94. The first-order valence-corrected chi connectivity index (χ1v) is 6.85. The second-order valence-electron chi connectivity index (χ2n) is 4.64. The molecular formula is C13H18BrFN2. The molecule has 1 aromatic rings. The lowest BCUT2D eigenvalue weighted by atomic mass is 10.0. The number of nitrogens with zero attached hydrogens (tertiary/aromatic N) is 1. The number of likely N-dealkylation sites (N-methyl/N-ethyl adjacent to an activating group) is 1. The molecule has 1 fully saturated rings. The van der Waals surface area contributed by atoms with Crippen molar-refractivity contribution < 1.29 is 4.39 Å². The van der Waals surface area contributed by atoms with E-state index in [-0.39, 0.29) is 5.82 Å². The summed E-state index contributed by atoms with van der Waals surface area (Å²) >= 11 is 3.36. The van der Waals surface area contributed by atoms with Crippen molar-refractivity contribution in [2.45, 2.75) is 25.3 Å². The normalized spacial score (nSPS) is 21.5. The van der Waals surface area contributed by atoms with E-state index in [1.165, 1.54) is 25.3 Å². The topological polar surface area (TPSA) is 15.3 Å². The molecule has 0 bridgehead atoms. The minimum absolute atomic E-state index is 0.188. The number of nitrogens with one attached hydrogen (secondary N) is 1. The van der Waals surface area contributed by atoms with Crippen LogP contribution in [0, 0.1) is 5.82 Å². The van der Waals surface area contributed by atoms with Crippen molar-refractivity contribution in [1.29, 1.82) is 0 Å². The average molecular weight is 301 g/mol. The maximum Gasteiger partial charge on any atom is 0.146 e. The quantitative estimate of drug-likeness (QED) is 0.919. The molecule has 0 radical (unpaired) electrons. The van der Waals surface area contributed by atoms with Crippen LogP contribution in [0.1, 0.15) is 19.3 Å². The predicted octanol–water partition coefficient (Wildman–Crippen LogP) is 3.48. The van der Waals surface area contributed by atoms with Crippen LogP contribution in [0.25, 0.3) is 0 Å². The van der Waals surface area contributed by atoms with Crippen LogP contribution in [0.3, 0.4) is 0 Å². The molecule has 2 nitrogen and oxygen atoms in total. The van der Waals surface area contributed by atoms with Gasteiger partial charge in [0.25, 0.3) is 0 Å². The smallest absolute Gasteiger partial charge is 0.146 e. The van der Waals surface area contributed by atoms with Gasteiger partial charge in [-0.1, -0.05) is 22.4 Å². The van der Waals surface area contributed by atoms with Gasteiger partial charge >= 0.3 is 0 Å². The fraction of sp³-hybridized carbons (Fsp3) is 0.538. The molecule has 4 heteroatoms. The average Bonchev–Trinajstić information content (AvgIpc) is 2.32. The van der Waals surface area contributed by atoms with Crippen molar-refractivity contribution in [3.05, 3.63) is 28.5 Å². The number of halogens is 2. The van der Waals surface area contributed by atoms with Gasteiger partial charge < -0.3 is 10.2 Å². The van der Waals surface area contributed by atoms with Gasteiger partial charge in [0.05, 0.1) is 5.69 Å². The molecule has 1 aliphatic rings. The van der Waals surface area contributed by atoms with E-state index in [4.69, 9.17) is 0 Å². The molecule has 1 unspecified atom stereocenters. The van der Waals surface area contributed by atoms with E-state index in [0.29, 0.717) is 11.7 Å². The molecular weight excluding hydrogens is 283 g/mol. The van der Waals surface area contributed by atoms with Crippen LogP contribution in [-0.4, -0.2) is 31.1 Å². The summed E-state index contributed by atoms with van der Waals surface area (Å²) < 4.78 is 14.4. The van der Waals surface area contributed by atoms with Crippen LogP contribution in [0.15, 0.2) is 22.7 Å². The third kappa shape index (κ3) is 3.42. The molecule has 1 aromatic carbocycles. The first-order valence-electron chi connectivity index (χ1n) is 6.06. The molecule has 0 aliphatic carbocycles. The number of anilines is 1. The first kappa shape index (κ1) is 12.8. The van der Waals surface area contributed by atoms with Crippen LogP contribution in [-0.2, 0) is 0 Å². The zero-order valence-corrected chi connectivity index (χ0v) is 11.6. The first-order chi connectivity index (χ1) is 8.16. The lowest BCUT2D eigenvalue weighted by Gasteiger charge is -2.32. The molecule has 0 aromatic heterocycles. The molecule has 1 atom stereocenters. The number of hydrogen-bond acceptors (Lipinski definition) is 2. The van der Waals surface area contributed by atoms with E-state index in [0.717, 1.165) is 17.6 Å². The van der Waals surface area contributed by atoms with Crippen LogP contribution in [0.5, 0.6) is 0 Å². The van der Waals surface area contributed by atoms with Gasteiger partial charge in [0, 0.05) is 17.1 Å². The van der Waals surface area contributed by atoms with E-state index in [2.05, 4.69) is 33.2 Å². The third-order valence-electron chi connectivity index (χ3n) is 3.38. The zero-order valence-electron chi connectivity index (χ0n) is 10.0. The van der Waals surface area contributed by atoms with Gasteiger partial charge in [-0.05, 0) is 44.6 Å². The standard InChI is InChI=1S/C13H18BrFN2/c1-17-7-3-2-4-11(17)9-16-13-8-10(14)5-6-12(13)15/h5-6,8,11,16H,2-4,7,9H2,1H3. The van der Waals surface area contributed by atoms with Crippen molar-refractivity contribution in [1.82, 2.24) is 4.90 Å². The van der Waals surface area contributed by atoms with Crippen LogP contribution in [0.4, 0.5) is 10.1 Å². The number of hydrogen-bond donors (Lipinski definition) is 1. The van der Waals surface area contributed by atoms with Crippen LogP contribution >= 0.6 is 15.9 Å². The predicted molar refractivity (Wildman–Crippen MR) is 72.9 cm³/mol. The number of benzene rings is 1. The summed E-state index contributed by atoms with van der Waals surface area (Å²) in [6, 6.07) is 5.50. The van der Waals surface area contributed by atoms with Gasteiger partial charge in [0.1, 0.15) is 5.82 Å². The summed E-state index contributed by atoms with van der Waals surface area (Å²) in [4.78, 5) is 2.35. The number of rotatable bonds is 3. The monoisotopic (exact) mass is 300 g/mol. The Bertz CT molecular complexity index is 384. The molecule has 1 heterocycles. The largest absolute Gasteiger partial charge is 0.381 e. The lowest BCUT2D eigenvalue weighted by molar-refractivity contribution is 0.194. The van der Waals surface area contributed by atoms with Crippen LogP contribution < -0.4 is 5.32 Å².